The Labute approximate surface area is 111 Å². The smallest absolute Gasteiger partial charge is 0.257 e. The second kappa shape index (κ2) is 4.83. The molecule has 1 aliphatic rings. The molecule has 0 aromatic heterocycles. The number of hydrogen-bond donors (Lipinski definition) is 0. The molecule has 1 aliphatic carbocycles. The quantitative estimate of drug-likeness (QED) is 0.803. The predicted molar refractivity (Wildman–Crippen MR) is 66.8 cm³/mol. The summed E-state index contributed by atoms with van der Waals surface area (Å²) in [6.45, 7) is 3.45. The Morgan fingerprint density at radius 1 is 1.32 bits per heavy atom. The molecule has 0 spiro atoms. The van der Waals surface area contributed by atoms with Crippen LogP contribution in [0.2, 0.25) is 0 Å². The van der Waals surface area contributed by atoms with E-state index in [1.165, 1.54) is 6.07 Å². The maximum absolute atomic E-state index is 13.4. The van der Waals surface area contributed by atoms with Crippen LogP contribution < -0.4 is 0 Å². The second-order valence-corrected chi connectivity index (χ2v) is 6.50. The van der Waals surface area contributed by atoms with E-state index in [-0.39, 0.29) is 24.2 Å². The number of hydrogen-bond acceptors (Lipinski definition) is 3. The lowest BCUT2D eigenvalue weighted by Gasteiger charge is -2.19. The van der Waals surface area contributed by atoms with E-state index in [1.807, 2.05) is 6.92 Å². The maximum Gasteiger partial charge on any atom is 0.297 e. The van der Waals surface area contributed by atoms with E-state index in [1.54, 1.807) is 19.1 Å². The normalized spacial score (nSPS) is 22.6. The molecule has 0 amide bonds. The highest BCUT2D eigenvalue weighted by Crippen LogP contribution is 2.39. The lowest BCUT2D eigenvalue weighted by atomic mass is 10.2. The van der Waals surface area contributed by atoms with Crippen LogP contribution in [0.15, 0.2) is 23.1 Å². The number of benzene rings is 1. The Hall–Kier alpha value is -1.01. The number of aryl methyl sites for hydroxylation is 2. The van der Waals surface area contributed by atoms with E-state index in [4.69, 9.17) is 4.18 Å². The van der Waals surface area contributed by atoms with E-state index < -0.39 is 22.1 Å². The highest BCUT2D eigenvalue weighted by atomic mass is 32.2. The van der Waals surface area contributed by atoms with Crippen LogP contribution in [0.3, 0.4) is 0 Å². The summed E-state index contributed by atoms with van der Waals surface area (Å²) in [6, 6.07) is 4.70. The van der Waals surface area contributed by atoms with Crippen LogP contribution in [0.4, 0.5) is 8.78 Å². The summed E-state index contributed by atoms with van der Waals surface area (Å²) >= 11 is 0. The molecule has 2 rings (SSSR count). The summed E-state index contributed by atoms with van der Waals surface area (Å²) < 4.78 is 55.7. The van der Waals surface area contributed by atoms with Crippen molar-refractivity contribution in [1.29, 1.82) is 0 Å². The molecule has 3 nitrogen and oxygen atoms in total. The molecule has 0 saturated heterocycles. The van der Waals surface area contributed by atoms with Gasteiger partial charge in [-0.05, 0) is 38.3 Å². The summed E-state index contributed by atoms with van der Waals surface area (Å²) in [7, 11) is -4.14. The predicted octanol–water partition coefficient (Wildman–Crippen LogP) is 3.20. The molecule has 0 N–H and O–H groups in total. The van der Waals surface area contributed by atoms with E-state index in [0.717, 1.165) is 5.56 Å². The van der Waals surface area contributed by atoms with Crippen molar-refractivity contribution >= 4 is 10.1 Å². The summed E-state index contributed by atoms with van der Waals surface area (Å²) in [4.78, 5) is -0.0409. The average Bonchev–Trinajstić information content (AvgIpc) is 2.56. The summed E-state index contributed by atoms with van der Waals surface area (Å²) in [5, 5.41) is 0. The molecule has 6 heteroatoms. The van der Waals surface area contributed by atoms with E-state index in [2.05, 4.69) is 0 Å². The minimum atomic E-state index is -4.14. The summed E-state index contributed by atoms with van der Waals surface area (Å²) in [5.74, 6) is -3.06. The van der Waals surface area contributed by atoms with Gasteiger partial charge >= 0.3 is 0 Å². The van der Waals surface area contributed by atoms with Gasteiger partial charge < -0.3 is 0 Å². The van der Waals surface area contributed by atoms with Crippen molar-refractivity contribution in [3.05, 3.63) is 29.3 Å². The van der Waals surface area contributed by atoms with Gasteiger partial charge in [0.05, 0.1) is 4.90 Å². The van der Waals surface area contributed by atoms with Gasteiger partial charge in [0.25, 0.3) is 16.0 Å². The van der Waals surface area contributed by atoms with Crippen LogP contribution in [-0.2, 0) is 14.3 Å². The Kier molecular flexibility index (Phi) is 3.66. The lowest BCUT2D eigenvalue weighted by molar-refractivity contribution is -0.0715. The Morgan fingerprint density at radius 2 is 2.00 bits per heavy atom. The van der Waals surface area contributed by atoms with Crippen LogP contribution >= 0.6 is 0 Å². The van der Waals surface area contributed by atoms with Crippen molar-refractivity contribution in [2.45, 2.75) is 50.0 Å². The third kappa shape index (κ3) is 2.95. The molecule has 1 atom stereocenters. The Morgan fingerprint density at radius 3 is 2.53 bits per heavy atom. The van der Waals surface area contributed by atoms with Gasteiger partial charge in [0.15, 0.2) is 0 Å². The SMILES string of the molecule is Cc1ccc(S(=O)(=O)OC2CCCC2(F)F)c(C)c1. The number of halogens is 2. The van der Waals surface area contributed by atoms with Crippen molar-refractivity contribution in [3.63, 3.8) is 0 Å². The molecule has 0 aliphatic heterocycles. The van der Waals surface area contributed by atoms with Crippen LogP contribution in [0.5, 0.6) is 0 Å². The second-order valence-electron chi connectivity index (χ2n) is 4.96. The van der Waals surface area contributed by atoms with Crippen LogP contribution in [0, 0.1) is 13.8 Å². The molecule has 0 bridgehead atoms. The first kappa shape index (κ1) is 14.4. The molecule has 1 aromatic rings. The lowest BCUT2D eigenvalue weighted by Crippen LogP contribution is -2.32. The Balaban J connectivity index is 2.28. The molecule has 1 aromatic carbocycles. The van der Waals surface area contributed by atoms with Gasteiger partial charge in [0.2, 0.25) is 0 Å². The highest BCUT2D eigenvalue weighted by molar-refractivity contribution is 7.86. The molecule has 1 unspecified atom stereocenters. The standard InChI is InChI=1S/C13H16F2O3S/c1-9-5-6-11(10(2)8-9)19(16,17)18-12-4-3-7-13(12,14)15/h5-6,8,12H,3-4,7H2,1-2H3. The van der Waals surface area contributed by atoms with E-state index in [9.17, 15) is 17.2 Å². The van der Waals surface area contributed by atoms with Gasteiger partial charge in [0, 0.05) is 6.42 Å². The average molecular weight is 290 g/mol. The molecule has 1 fully saturated rings. The van der Waals surface area contributed by atoms with Crippen molar-refractivity contribution in [2.24, 2.45) is 0 Å². The van der Waals surface area contributed by atoms with Crippen molar-refractivity contribution in [3.8, 4) is 0 Å². The van der Waals surface area contributed by atoms with Crippen LogP contribution in [0.25, 0.3) is 0 Å². The first-order valence-corrected chi connectivity index (χ1v) is 7.51. The van der Waals surface area contributed by atoms with Crippen LogP contribution in [0.1, 0.15) is 30.4 Å². The Bertz CT molecular complexity index is 582. The van der Waals surface area contributed by atoms with E-state index in [0.29, 0.717) is 5.56 Å². The summed E-state index contributed by atoms with van der Waals surface area (Å²) in [5.41, 5.74) is 1.41. The molecule has 19 heavy (non-hydrogen) atoms. The monoisotopic (exact) mass is 290 g/mol. The third-order valence-electron chi connectivity index (χ3n) is 3.29. The molecular weight excluding hydrogens is 274 g/mol. The van der Waals surface area contributed by atoms with Gasteiger partial charge in [-0.2, -0.15) is 8.42 Å². The summed E-state index contributed by atoms with van der Waals surface area (Å²) in [6.07, 6.45) is -1.52. The first-order chi connectivity index (χ1) is 8.72. The largest absolute Gasteiger partial charge is 0.297 e. The fourth-order valence-corrected chi connectivity index (χ4v) is 3.63. The molecular formula is C13H16F2O3S. The van der Waals surface area contributed by atoms with Gasteiger partial charge in [-0.15, -0.1) is 0 Å². The molecule has 106 valence electrons. The zero-order valence-corrected chi connectivity index (χ0v) is 11.6. The van der Waals surface area contributed by atoms with E-state index >= 15 is 0 Å². The van der Waals surface area contributed by atoms with Crippen molar-refractivity contribution < 1.29 is 21.4 Å². The van der Waals surface area contributed by atoms with Crippen molar-refractivity contribution in [1.82, 2.24) is 0 Å². The third-order valence-corrected chi connectivity index (χ3v) is 4.77. The topological polar surface area (TPSA) is 43.4 Å². The van der Waals surface area contributed by atoms with Crippen molar-refractivity contribution in [2.75, 3.05) is 0 Å². The van der Waals surface area contributed by atoms with Gasteiger partial charge in [-0.25, -0.2) is 8.78 Å². The number of alkyl halides is 2. The molecule has 0 radical (unpaired) electrons. The minimum Gasteiger partial charge on any atom is -0.257 e. The number of rotatable bonds is 3. The van der Waals surface area contributed by atoms with Gasteiger partial charge in [-0.1, -0.05) is 17.7 Å². The van der Waals surface area contributed by atoms with Gasteiger partial charge in [-0.3, -0.25) is 4.18 Å². The molecule has 1 saturated carbocycles. The van der Waals surface area contributed by atoms with Gasteiger partial charge in [0.1, 0.15) is 6.10 Å². The highest BCUT2D eigenvalue weighted by Gasteiger charge is 2.47. The first-order valence-electron chi connectivity index (χ1n) is 6.11. The minimum absolute atomic E-state index is 0.0409. The fourth-order valence-electron chi connectivity index (χ4n) is 2.30. The fraction of sp³-hybridized carbons (Fsp3) is 0.538. The zero-order valence-electron chi connectivity index (χ0n) is 10.8. The zero-order chi connectivity index (χ0) is 14.3. The molecule has 0 heterocycles. The maximum atomic E-state index is 13.4. The van der Waals surface area contributed by atoms with Crippen LogP contribution in [-0.4, -0.2) is 20.4 Å².